The molecule has 7 heteroatoms. The molecule has 0 radical (unpaired) electrons. The molecule has 1 atom stereocenters. The highest BCUT2D eigenvalue weighted by atomic mass is 79.9. The predicted octanol–water partition coefficient (Wildman–Crippen LogP) is 3.97. The Bertz CT molecular complexity index is 1010. The topological polar surface area (TPSA) is 67.4 Å². The lowest BCUT2D eigenvalue weighted by Crippen LogP contribution is -2.47. The maximum Gasteiger partial charge on any atom is 0.279 e. The number of benzene rings is 3. The number of carbonyl (C=O) groups excluding carboxylic acids is 2. The first-order valence-electron chi connectivity index (χ1n) is 8.15. The number of fused-ring (bicyclic) bond motifs is 1. The lowest BCUT2D eigenvalue weighted by atomic mass is 10.1. The summed E-state index contributed by atoms with van der Waals surface area (Å²) in [5.41, 5.74) is 4.24. The number of amides is 2. The smallest absolute Gasteiger partial charge is 0.279 e. The van der Waals surface area contributed by atoms with Crippen molar-refractivity contribution in [3.63, 3.8) is 0 Å². The molecule has 0 aliphatic heterocycles. The highest BCUT2D eigenvalue weighted by molar-refractivity contribution is 9.10. The van der Waals surface area contributed by atoms with E-state index in [1.54, 1.807) is 13.0 Å². The zero-order valence-electron chi connectivity index (χ0n) is 14.3. The van der Waals surface area contributed by atoms with Crippen molar-refractivity contribution in [2.75, 3.05) is 0 Å². The molecule has 0 aromatic heterocycles. The summed E-state index contributed by atoms with van der Waals surface area (Å²) < 4.78 is 19.9. The molecular formula is C20H16BrFN2O3. The van der Waals surface area contributed by atoms with Gasteiger partial charge in [-0.05, 0) is 48.0 Å². The number of hydrogen-bond acceptors (Lipinski definition) is 3. The molecule has 0 fully saturated rings. The molecule has 3 rings (SSSR count). The molecule has 1 unspecified atom stereocenters. The first kappa shape index (κ1) is 18.8. The van der Waals surface area contributed by atoms with E-state index in [0.29, 0.717) is 10.2 Å². The first-order valence-corrected chi connectivity index (χ1v) is 8.94. The van der Waals surface area contributed by atoms with Crippen molar-refractivity contribution in [2.45, 2.75) is 13.0 Å². The van der Waals surface area contributed by atoms with Crippen LogP contribution in [0.25, 0.3) is 10.8 Å². The summed E-state index contributed by atoms with van der Waals surface area (Å²) in [5, 5.41) is 2.05. The monoisotopic (exact) mass is 430 g/mol. The lowest BCUT2D eigenvalue weighted by molar-refractivity contribution is -0.128. The number of hydrogen-bond donors (Lipinski definition) is 2. The Labute approximate surface area is 163 Å². The Morgan fingerprint density at radius 1 is 1.00 bits per heavy atom. The van der Waals surface area contributed by atoms with Crippen molar-refractivity contribution < 1.29 is 18.7 Å². The highest BCUT2D eigenvalue weighted by Crippen LogP contribution is 2.21. The van der Waals surface area contributed by atoms with Crippen molar-refractivity contribution in [2.24, 2.45) is 0 Å². The fourth-order valence-electron chi connectivity index (χ4n) is 2.46. The van der Waals surface area contributed by atoms with Crippen LogP contribution in [0.15, 0.2) is 65.1 Å². The lowest BCUT2D eigenvalue weighted by Gasteiger charge is -2.15. The summed E-state index contributed by atoms with van der Waals surface area (Å²) in [6, 6.07) is 17.2. The van der Waals surface area contributed by atoms with Gasteiger partial charge >= 0.3 is 0 Å². The molecule has 3 aromatic carbocycles. The van der Waals surface area contributed by atoms with Gasteiger partial charge in [0, 0.05) is 4.47 Å². The van der Waals surface area contributed by atoms with E-state index in [1.165, 1.54) is 12.1 Å². The fourth-order valence-corrected chi connectivity index (χ4v) is 2.82. The van der Waals surface area contributed by atoms with Gasteiger partial charge in [0.15, 0.2) is 6.10 Å². The van der Waals surface area contributed by atoms with Crippen LogP contribution >= 0.6 is 15.9 Å². The summed E-state index contributed by atoms with van der Waals surface area (Å²) in [7, 11) is 0. The van der Waals surface area contributed by atoms with Crippen molar-refractivity contribution in [3.8, 4) is 5.75 Å². The fraction of sp³-hybridized carbons (Fsp3) is 0.100. The quantitative estimate of drug-likeness (QED) is 0.615. The molecule has 0 saturated heterocycles. The molecule has 3 aromatic rings. The Morgan fingerprint density at radius 2 is 1.74 bits per heavy atom. The third-order valence-electron chi connectivity index (χ3n) is 3.88. The molecule has 5 nitrogen and oxygen atoms in total. The van der Waals surface area contributed by atoms with Gasteiger partial charge in [0.2, 0.25) is 0 Å². The van der Waals surface area contributed by atoms with E-state index in [9.17, 15) is 14.0 Å². The minimum atomic E-state index is -0.862. The number of rotatable bonds is 4. The number of carbonyl (C=O) groups is 2. The first-order chi connectivity index (χ1) is 12.9. The van der Waals surface area contributed by atoms with Crippen LogP contribution in [0.1, 0.15) is 17.3 Å². The van der Waals surface area contributed by atoms with Gasteiger partial charge in [0.05, 0.1) is 5.56 Å². The molecule has 0 spiro atoms. The van der Waals surface area contributed by atoms with Gasteiger partial charge in [-0.25, -0.2) is 4.39 Å². The Kier molecular flexibility index (Phi) is 5.71. The van der Waals surface area contributed by atoms with E-state index < -0.39 is 23.7 Å². The molecule has 2 amide bonds. The Hall–Kier alpha value is -2.93. The average Bonchev–Trinajstić information content (AvgIpc) is 2.67. The summed E-state index contributed by atoms with van der Waals surface area (Å²) >= 11 is 3.17. The van der Waals surface area contributed by atoms with Gasteiger partial charge in [-0.15, -0.1) is 0 Å². The second-order valence-electron chi connectivity index (χ2n) is 5.84. The Balaban J connectivity index is 1.60. The summed E-state index contributed by atoms with van der Waals surface area (Å²) in [4.78, 5) is 24.2. The molecule has 27 heavy (non-hydrogen) atoms. The van der Waals surface area contributed by atoms with Crippen molar-refractivity contribution in [1.82, 2.24) is 10.9 Å². The molecule has 138 valence electrons. The number of ether oxygens (including phenoxy) is 1. The summed E-state index contributed by atoms with van der Waals surface area (Å²) in [6.07, 6.45) is -0.862. The van der Waals surface area contributed by atoms with Crippen LogP contribution in [-0.4, -0.2) is 17.9 Å². The van der Waals surface area contributed by atoms with E-state index in [-0.39, 0.29) is 5.56 Å². The molecule has 0 heterocycles. The van der Waals surface area contributed by atoms with Crippen LogP contribution in [-0.2, 0) is 4.79 Å². The van der Waals surface area contributed by atoms with Gasteiger partial charge < -0.3 is 4.74 Å². The second kappa shape index (κ2) is 8.18. The molecule has 0 aliphatic carbocycles. The van der Waals surface area contributed by atoms with E-state index in [0.717, 1.165) is 16.8 Å². The third-order valence-corrected chi connectivity index (χ3v) is 4.37. The van der Waals surface area contributed by atoms with Crippen LogP contribution in [0, 0.1) is 5.82 Å². The van der Waals surface area contributed by atoms with E-state index >= 15 is 0 Å². The van der Waals surface area contributed by atoms with Gasteiger partial charge in [-0.3, -0.25) is 20.4 Å². The number of halogens is 2. The van der Waals surface area contributed by atoms with E-state index in [1.807, 2.05) is 36.4 Å². The number of hydrazine groups is 1. The van der Waals surface area contributed by atoms with Crippen LogP contribution in [0.5, 0.6) is 5.75 Å². The zero-order chi connectivity index (χ0) is 19.4. The van der Waals surface area contributed by atoms with Crippen LogP contribution in [0.2, 0.25) is 0 Å². The summed E-state index contributed by atoms with van der Waals surface area (Å²) in [6.45, 7) is 1.55. The average molecular weight is 431 g/mol. The van der Waals surface area contributed by atoms with E-state index in [4.69, 9.17) is 4.74 Å². The van der Waals surface area contributed by atoms with E-state index in [2.05, 4.69) is 26.8 Å². The van der Waals surface area contributed by atoms with Gasteiger partial charge in [-0.2, -0.15) is 0 Å². The second-order valence-corrected chi connectivity index (χ2v) is 6.75. The van der Waals surface area contributed by atoms with Crippen LogP contribution < -0.4 is 15.6 Å². The normalized spacial score (nSPS) is 11.7. The van der Waals surface area contributed by atoms with Crippen molar-refractivity contribution >= 4 is 38.5 Å². The highest BCUT2D eigenvalue weighted by Gasteiger charge is 2.17. The van der Waals surface area contributed by atoms with Crippen LogP contribution in [0.4, 0.5) is 4.39 Å². The molecule has 0 bridgehead atoms. The SMILES string of the molecule is CC(Oc1ccc2ccccc2c1)C(=O)NNC(=O)c1cc(Br)ccc1F. The zero-order valence-corrected chi connectivity index (χ0v) is 15.9. The predicted molar refractivity (Wildman–Crippen MR) is 104 cm³/mol. The largest absolute Gasteiger partial charge is 0.481 e. The molecule has 0 aliphatic rings. The Morgan fingerprint density at radius 3 is 2.52 bits per heavy atom. The maximum atomic E-state index is 13.7. The van der Waals surface area contributed by atoms with Gasteiger partial charge in [0.1, 0.15) is 11.6 Å². The minimum absolute atomic E-state index is 0.187. The van der Waals surface area contributed by atoms with Gasteiger partial charge in [-0.1, -0.05) is 46.3 Å². The van der Waals surface area contributed by atoms with Crippen molar-refractivity contribution in [1.29, 1.82) is 0 Å². The summed E-state index contributed by atoms with van der Waals surface area (Å²) in [5.74, 6) is -1.49. The van der Waals surface area contributed by atoms with Crippen molar-refractivity contribution in [3.05, 3.63) is 76.5 Å². The number of nitrogens with one attached hydrogen (secondary N) is 2. The van der Waals surface area contributed by atoms with Crippen LogP contribution in [0.3, 0.4) is 0 Å². The molecule has 2 N–H and O–H groups in total. The minimum Gasteiger partial charge on any atom is -0.481 e. The maximum absolute atomic E-state index is 13.7. The molecular weight excluding hydrogens is 415 g/mol. The molecule has 0 saturated carbocycles. The van der Waals surface area contributed by atoms with Gasteiger partial charge in [0.25, 0.3) is 11.8 Å². The third kappa shape index (κ3) is 4.62. The standard InChI is InChI=1S/C20H16BrFN2O3/c1-12(27-16-8-6-13-4-2-3-5-14(13)10-16)19(25)23-24-20(26)17-11-15(21)7-9-18(17)22/h2-12H,1H3,(H,23,25)(H,24,26).